The second kappa shape index (κ2) is 5.44. The van der Waals surface area contributed by atoms with Gasteiger partial charge in [-0.05, 0) is 38.8 Å². The molecule has 0 amide bonds. The van der Waals surface area contributed by atoms with Gasteiger partial charge in [-0.15, -0.1) is 0 Å². The molecule has 1 aromatic rings. The van der Waals surface area contributed by atoms with Gasteiger partial charge >= 0.3 is 5.97 Å². The molecule has 19 heavy (non-hydrogen) atoms. The third-order valence-electron chi connectivity index (χ3n) is 3.61. The molecule has 0 heterocycles. The van der Waals surface area contributed by atoms with Crippen molar-refractivity contribution in [2.45, 2.75) is 51.6 Å². The van der Waals surface area contributed by atoms with E-state index >= 15 is 0 Å². The number of ether oxygens (including phenoxy) is 1. The van der Waals surface area contributed by atoms with Crippen molar-refractivity contribution in [1.29, 1.82) is 5.26 Å². The highest BCUT2D eigenvalue weighted by atomic mass is 16.6. The van der Waals surface area contributed by atoms with Crippen LogP contribution in [-0.4, -0.2) is 11.6 Å². The van der Waals surface area contributed by atoms with Crippen molar-refractivity contribution in [3.8, 4) is 6.07 Å². The number of benzene rings is 1. The number of hydrogen-bond donors (Lipinski definition) is 0. The van der Waals surface area contributed by atoms with Crippen molar-refractivity contribution in [3.63, 3.8) is 0 Å². The third kappa shape index (κ3) is 3.14. The molecule has 0 radical (unpaired) electrons. The van der Waals surface area contributed by atoms with Gasteiger partial charge in [0.05, 0.1) is 5.56 Å². The van der Waals surface area contributed by atoms with Gasteiger partial charge in [-0.25, -0.2) is 4.79 Å². The van der Waals surface area contributed by atoms with Crippen molar-refractivity contribution >= 4 is 5.97 Å². The summed E-state index contributed by atoms with van der Waals surface area (Å²) in [7, 11) is 0. The van der Waals surface area contributed by atoms with Crippen LogP contribution in [0.4, 0.5) is 0 Å². The summed E-state index contributed by atoms with van der Waals surface area (Å²) >= 11 is 0. The standard InChI is InChI=1S/C16H19NO2/c1-12-8-13(2)10-14(9-12)15(18)19-16(11-17)6-4-3-5-7-16/h8-10H,3-7H2,1-2H3. The first kappa shape index (κ1) is 13.6. The van der Waals surface area contributed by atoms with E-state index in [2.05, 4.69) is 6.07 Å². The van der Waals surface area contributed by atoms with Crippen molar-refractivity contribution in [2.75, 3.05) is 0 Å². The molecule has 0 atom stereocenters. The summed E-state index contributed by atoms with van der Waals surface area (Å²) < 4.78 is 5.52. The molecule has 0 aliphatic heterocycles. The van der Waals surface area contributed by atoms with Crippen LogP contribution in [0.5, 0.6) is 0 Å². The number of carbonyl (C=O) groups is 1. The summed E-state index contributed by atoms with van der Waals surface area (Å²) in [6, 6.07) is 7.83. The Labute approximate surface area is 114 Å². The molecule has 3 heteroatoms. The lowest BCUT2D eigenvalue weighted by molar-refractivity contribution is -0.00770. The van der Waals surface area contributed by atoms with E-state index in [4.69, 9.17) is 4.74 Å². The first-order valence-electron chi connectivity index (χ1n) is 6.78. The van der Waals surface area contributed by atoms with Gasteiger partial charge in [0.15, 0.2) is 5.60 Å². The van der Waals surface area contributed by atoms with E-state index < -0.39 is 5.60 Å². The molecule has 2 rings (SSSR count). The summed E-state index contributed by atoms with van der Waals surface area (Å²) in [5.41, 5.74) is 1.69. The molecule has 1 saturated carbocycles. The second-order valence-corrected chi connectivity index (χ2v) is 5.43. The largest absolute Gasteiger partial charge is 0.440 e. The Bertz CT molecular complexity index is 502. The maximum atomic E-state index is 12.2. The molecule has 1 aliphatic rings. The Balaban J connectivity index is 2.18. The van der Waals surface area contributed by atoms with Crippen LogP contribution in [0.25, 0.3) is 0 Å². The van der Waals surface area contributed by atoms with Crippen molar-refractivity contribution < 1.29 is 9.53 Å². The van der Waals surface area contributed by atoms with Gasteiger partial charge < -0.3 is 4.74 Å². The molecular formula is C16H19NO2. The Hall–Kier alpha value is -1.82. The lowest BCUT2D eigenvalue weighted by Gasteiger charge is -2.30. The second-order valence-electron chi connectivity index (χ2n) is 5.43. The van der Waals surface area contributed by atoms with Gasteiger partial charge in [0.25, 0.3) is 0 Å². The first-order valence-corrected chi connectivity index (χ1v) is 6.78. The van der Waals surface area contributed by atoms with Gasteiger partial charge in [-0.2, -0.15) is 5.26 Å². The Morgan fingerprint density at radius 2 is 1.74 bits per heavy atom. The normalized spacial score (nSPS) is 17.5. The van der Waals surface area contributed by atoms with Crippen LogP contribution in [0, 0.1) is 25.2 Å². The number of hydrogen-bond acceptors (Lipinski definition) is 3. The molecule has 3 nitrogen and oxygen atoms in total. The maximum Gasteiger partial charge on any atom is 0.339 e. The van der Waals surface area contributed by atoms with Crippen LogP contribution < -0.4 is 0 Å². The highest BCUT2D eigenvalue weighted by molar-refractivity contribution is 5.90. The monoisotopic (exact) mass is 257 g/mol. The van der Waals surface area contributed by atoms with Gasteiger partial charge in [0.1, 0.15) is 6.07 Å². The zero-order valence-corrected chi connectivity index (χ0v) is 11.5. The minimum atomic E-state index is -0.910. The number of nitrogens with zero attached hydrogens (tertiary/aromatic N) is 1. The molecule has 1 aromatic carbocycles. The number of esters is 1. The molecular weight excluding hydrogens is 238 g/mol. The lowest BCUT2D eigenvalue weighted by Crippen LogP contribution is -2.35. The van der Waals surface area contributed by atoms with E-state index in [9.17, 15) is 10.1 Å². The molecule has 1 aliphatic carbocycles. The Morgan fingerprint density at radius 1 is 1.16 bits per heavy atom. The molecule has 0 bridgehead atoms. The summed E-state index contributed by atoms with van der Waals surface area (Å²) in [6.07, 6.45) is 4.33. The van der Waals surface area contributed by atoms with Crippen LogP contribution in [-0.2, 0) is 4.74 Å². The topological polar surface area (TPSA) is 50.1 Å². The maximum absolute atomic E-state index is 12.2. The van der Waals surface area contributed by atoms with Gasteiger partial charge in [-0.1, -0.05) is 23.6 Å². The minimum Gasteiger partial charge on any atom is -0.440 e. The van der Waals surface area contributed by atoms with Gasteiger partial charge in [0.2, 0.25) is 0 Å². The van der Waals surface area contributed by atoms with Gasteiger partial charge in [-0.3, -0.25) is 0 Å². The molecule has 0 aromatic heterocycles. The Kier molecular flexibility index (Phi) is 3.90. The van der Waals surface area contributed by atoms with Gasteiger partial charge in [0, 0.05) is 12.8 Å². The van der Waals surface area contributed by atoms with Crippen molar-refractivity contribution in [2.24, 2.45) is 0 Å². The molecule has 0 unspecified atom stereocenters. The van der Waals surface area contributed by atoms with E-state index in [1.54, 1.807) is 0 Å². The molecule has 1 fully saturated rings. The average molecular weight is 257 g/mol. The minimum absolute atomic E-state index is 0.379. The molecule has 0 spiro atoms. The van der Waals surface area contributed by atoms with E-state index in [1.807, 2.05) is 32.0 Å². The summed E-state index contributed by atoms with van der Waals surface area (Å²) in [5.74, 6) is -0.379. The van der Waals surface area contributed by atoms with Crippen molar-refractivity contribution in [1.82, 2.24) is 0 Å². The van der Waals surface area contributed by atoms with Crippen molar-refractivity contribution in [3.05, 3.63) is 34.9 Å². The van der Waals surface area contributed by atoms with Crippen LogP contribution in [0.1, 0.15) is 53.6 Å². The molecule has 0 N–H and O–H groups in total. The average Bonchev–Trinajstić information content (AvgIpc) is 2.38. The summed E-state index contributed by atoms with van der Waals surface area (Å²) in [6.45, 7) is 3.90. The van der Waals surface area contributed by atoms with E-state index in [-0.39, 0.29) is 5.97 Å². The zero-order chi connectivity index (χ0) is 13.9. The number of carbonyl (C=O) groups excluding carboxylic acids is 1. The predicted molar refractivity (Wildman–Crippen MR) is 72.8 cm³/mol. The smallest absolute Gasteiger partial charge is 0.339 e. The van der Waals surface area contributed by atoms with Crippen LogP contribution in [0.2, 0.25) is 0 Å². The number of aryl methyl sites for hydroxylation is 2. The third-order valence-corrected chi connectivity index (χ3v) is 3.61. The summed E-state index contributed by atoms with van der Waals surface area (Å²) in [5, 5.41) is 9.32. The molecule has 0 saturated heterocycles. The highest BCUT2D eigenvalue weighted by Gasteiger charge is 2.36. The van der Waals surface area contributed by atoms with E-state index in [0.717, 1.165) is 30.4 Å². The first-order chi connectivity index (χ1) is 9.04. The van der Waals surface area contributed by atoms with Crippen LogP contribution in [0.3, 0.4) is 0 Å². The lowest BCUT2D eigenvalue weighted by atomic mass is 9.86. The number of rotatable bonds is 2. The number of nitriles is 1. The SMILES string of the molecule is Cc1cc(C)cc(C(=O)OC2(C#N)CCCCC2)c1. The highest BCUT2D eigenvalue weighted by Crippen LogP contribution is 2.32. The molecule has 100 valence electrons. The predicted octanol–water partition coefficient (Wildman–Crippen LogP) is 3.69. The quantitative estimate of drug-likeness (QED) is 0.759. The van der Waals surface area contributed by atoms with Crippen LogP contribution >= 0.6 is 0 Å². The van der Waals surface area contributed by atoms with E-state index in [1.165, 1.54) is 0 Å². The van der Waals surface area contributed by atoms with Crippen LogP contribution in [0.15, 0.2) is 18.2 Å². The fraction of sp³-hybridized carbons (Fsp3) is 0.500. The summed E-state index contributed by atoms with van der Waals surface area (Å²) in [4.78, 5) is 12.2. The zero-order valence-electron chi connectivity index (χ0n) is 11.5. The fourth-order valence-corrected chi connectivity index (χ4v) is 2.69. The Morgan fingerprint density at radius 3 is 2.26 bits per heavy atom. The van der Waals surface area contributed by atoms with E-state index in [0.29, 0.717) is 18.4 Å². The fourth-order valence-electron chi connectivity index (χ4n) is 2.69.